The van der Waals surface area contributed by atoms with Crippen molar-refractivity contribution in [2.75, 3.05) is 35.4 Å². The molecule has 0 aliphatic heterocycles. The molecule has 6 heteroatoms. The fourth-order valence-corrected chi connectivity index (χ4v) is 2.02. The number of nitrogens with zero attached hydrogens (tertiary/aromatic N) is 1. The van der Waals surface area contributed by atoms with E-state index in [1.165, 1.54) is 12.0 Å². The third kappa shape index (κ3) is 3.22. The third-order valence-electron chi connectivity index (χ3n) is 2.21. The molecule has 0 atom stereocenters. The highest BCUT2D eigenvalue weighted by Crippen LogP contribution is 2.41. The summed E-state index contributed by atoms with van der Waals surface area (Å²) in [5, 5.41) is -0.0655. The van der Waals surface area contributed by atoms with Crippen molar-refractivity contribution in [1.82, 2.24) is 4.90 Å². The summed E-state index contributed by atoms with van der Waals surface area (Å²) in [6, 6.07) is 3.49. The Morgan fingerprint density at radius 3 is 1.89 bits per heavy atom. The highest BCUT2D eigenvalue weighted by Gasteiger charge is 2.15. The number of rotatable bonds is 4. The molecule has 0 saturated carbocycles. The Morgan fingerprint density at radius 2 is 1.56 bits per heavy atom. The fraction of sp³-hybridized carbons (Fsp3) is 0.417. The molecule has 0 aliphatic rings. The topological polar surface area (TPSA) is 48.0 Å². The molecule has 5 nitrogen and oxygen atoms in total. The predicted octanol–water partition coefficient (Wildman–Crippen LogP) is 2.49. The molecule has 0 aliphatic carbocycles. The van der Waals surface area contributed by atoms with Crippen molar-refractivity contribution in [1.29, 1.82) is 0 Å². The van der Waals surface area contributed by atoms with Crippen LogP contribution in [0, 0.1) is 0 Å². The number of ether oxygens (including phenoxy) is 3. The summed E-state index contributed by atoms with van der Waals surface area (Å²) in [6.07, 6.45) is 0. The van der Waals surface area contributed by atoms with Gasteiger partial charge in [0, 0.05) is 19.0 Å². The normalized spacial score (nSPS) is 9.83. The fourth-order valence-electron chi connectivity index (χ4n) is 1.31. The van der Waals surface area contributed by atoms with Crippen molar-refractivity contribution in [3.05, 3.63) is 12.1 Å². The molecule has 18 heavy (non-hydrogen) atoms. The van der Waals surface area contributed by atoms with Crippen LogP contribution in [0.2, 0.25) is 0 Å². The molecule has 0 unspecified atom stereocenters. The van der Waals surface area contributed by atoms with Gasteiger partial charge < -0.3 is 19.1 Å². The monoisotopic (exact) mass is 271 g/mol. The average molecular weight is 271 g/mol. The summed E-state index contributed by atoms with van der Waals surface area (Å²) in [7, 11) is 8.03. The zero-order valence-electron chi connectivity index (χ0n) is 11.1. The second-order valence-corrected chi connectivity index (χ2v) is 4.65. The van der Waals surface area contributed by atoms with E-state index in [1.807, 2.05) is 0 Å². The lowest BCUT2D eigenvalue weighted by Gasteiger charge is -2.14. The highest BCUT2D eigenvalue weighted by molar-refractivity contribution is 8.13. The molecule has 1 aromatic carbocycles. The number of thioether (sulfide) groups is 1. The Labute approximate surface area is 111 Å². The highest BCUT2D eigenvalue weighted by atomic mass is 32.2. The van der Waals surface area contributed by atoms with Crippen molar-refractivity contribution < 1.29 is 19.0 Å². The molecule has 0 heterocycles. The van der Waals surface area contributed by atoms with E-state index in [2.05, 4.69) is 0 Å². The standard InChI is InChI=1S/C12H17NO4S/c1-13(2)12(14)18-8-6-9(15-3)11(17-5)10(7-8)16-4/h6-7H,1-5H3. The minimum absolute atomic E-state index is 0.0655. The number of carbonyl (C=O) groups excluding carboxylic acids is 1. The molecule has 0 fully saturated rings. The van der Waals surface area contributed by atoms with E-state index in [0.29, 0.717) is 17.2 Å². The van der Waals surface area contributed by atoms with Gasteiger partial charge in [0.25, 0.3) is 5.24 Å². The smallest absolute Gasteiger partial charge is 0.285 e. The molecule has 1 amide bonds. The maximum Gasteiger partial charge on any atom is 0.285 e. The second kappa shape index (κ2) is 6.39. The van der Waals surface area contributed by atoms with Crippen LogP contribution in [0.4, 0.5) is 4.79 Å². The Kier molecular flexibility index (Phi) is 5.15. The Hall–Kier alpha value is -1.56. The lowest BCUT2D eigenvalue weighted by atomic mass is 10.3. The molecule has 0 bridgehead atoms. The lowest BCUT2D eigenvalue weighted by molar-refractivity contribution is 0.241. The molecule has 0 spiro atoms. The second-order valence-electron chi connectivity index (χ2n) is 3.62. The molecular formula is C12H17NO4S. The van der Waals surface area contributed by atoms with E-state index in [0.717, 1.165) is 16.7 Å². The largest absolute Gasteiger partial charge is 0.493 e. The summed E-state index contributed by atoms with van der Waals surface area (Å²) >= 11 is 1.10. The van der Waals surface area contributed by atoms with E-state index < -0.39 is 0 Å². The van der Waals surface area contributed by atoms with Crippen molar-refractivity contribution in [3.63, 3.8) is 0 Å². The van der Waals surface area contributed by atoms with Gasteiger partial charge in [-0.3, -0.25) is 4.79 Å². The van der Waals surface area contributed by atoms with Crippen molar-refractivity contribution in [2.24, 2.45) is 0 Å². The quantitative estimate of drug-likeness (QED) is 0.787. The molecule has 0 saturated heterocycles. The molecule has 0 radical (unpaired) electrons. The lowest BCUT2D eigenvalue weighted by Crippen LogP contribution is -2.16. The van der Waals surface area contributed by atoms with Crippen LogP contribution in [-0.2, 0) is 0 Å². The van der Waals surface area contributed by atoms with E-state index in [-0.39, 0.29) is 5.24 Å². The maximum absolute atomic E-state index is 11.6. The minimum Gasteiger partial charge on any atom is -0.493 e. The van der Waals surface area contributed by atoms with Crippen LogP contribution in [0.25, 0.3) is 0 Å². The van der Waals surface area contributed by atoms with Gasteiger partial charge in [0.1, 0.15) is 0 Å². The molecule has 100 valence electrons. The van der Waals surface area contributed by atoms with Gasteiger partial charge in [-0.15, -0.1) is 0 Å². The molecule has 0 aromatic heterocycles. The number of methoxy groups -OCH3 is 3. The van der Waals surface area contributed by atoms with Crippen molar-refractivity contribution in [3.8, 4) is 17.2 Å². The van der Waals surface area contributed by atoms with E-state index >= 15 is 0 Å². The molecule has 1 aromatic rings. The zero-order valence-corrected chi connectivity index (χ0v) is 12.0. The van der Waals surface area contributed by atoms with E-state index in [4.69, 9.17) is 14.2 Å². The van der Waals surface area contributed by atoms with Crippen molar-refractivity contribution >= 4 is 17.0 Å². The predicted molar refractivity (Wildman–Crippen MR) is 71.0 cm³/mol. The SMILES string of the molecule is COc1cc(SC(=O)N(C)C)cc(OC)c1OC. The zero-order chi connectivity index (χ0) is 13.7. The number of amides is 1. The first-order chi connectivity index (χ1) is 8.53. The number of hydrogen-bond donors (Lipinski definition) is 0. The van der Waals surface area contributed by atoms with Gasteiger partial charge in [-0.05, 0) is 23.9 Å². The minimum atomic E-state index is -0.0655. The van der Waals surface area contributed by atoms with Crippen LogP contribution in [-0.4, -0.2) is 45.6 Å². The first-order valence-electron chi connectivity index (χ1n) is 5.22. The average Bonchev–Trinajstić information content (AvgIpc) is 2.37. The third-order valence-corrected chi connectivity index (χ3v) is 3.22. The number of hydrogen-bond acceptors (Lipinski definition) is 5. The Bertz CT molecular complexity index is 409. The van der Waals surface area contributed by atoms with Gasteiger partial charge in [-0.1, -0.05) is 0 Å². The summed E-state index contributed by atoms with van der Waals surface area (Å²) in [4.78, 5) is 13.9. The summed E-state index contributed by atoms with van der Waals surface area (Å²) < 4.78 is 15.6. The van der Waals surface area contributed by atoms with Crippen molar-refractivity contribution in [2.45, 2.75) is 4.90 Å². The van der Waals surface area contributed by atoms with Crippen LogP contribution < -0.4 is 14.2 Å². The Morgan fingerprint density at radius 1 is 1.06 bits per heavy atom. The maximum atomic E-state index is 11.6. The van der Waals surface area contributed by atoms with Gasteiger partial charge in [-0.25, -0.2) is 0 Å². The summed E-state index contributed by atoms with van der Waals surface area (Å²) in [5.41, 5.74) is 0. The molecular weight excluding hydrogens is 254 g/mol. The summed E-state index contributed by atoms with van der Waals surface area (Å²) in [6.45, 7) is 0. The van der Waals surface area contributed by atoms with Crippen LogP contribution >= 0.6 is 11.8 Å². The van der Waals surface area contributed by atoms with Crippen LogP contribution in [0.15, 0.2) is 17.0 Å². The van der Waals surface area contributed by atoms with Crippen LogP contribution in [0.3, 0.4) is 0 Å². The van der Waals surface area contributed by atoms with Gasteiger partial charge in [-0.2, -0.15) is 0 Å². The summed E-state index contributed by atoms with van der Waals surface area (Å²) in [5.74, 6) is 1.58. The van der Waals surface area contributed by atoms with Gasteiger partial charge >= 0.3 is 0 Å². The van der Waals surface area contributed by atoms with Crippen LogP contribution in [0.1, 0.15) is 0 Å². The van der Waals surface area contributed by atoms with Gasteiger partial charge in [0.15, 0.2) is 11.5 Å². The van der Waals surface area contributed by atoms with Gasteiger partial charge in [0.05, 0.1) is 21.3 Å². The molecule has 1 rings (SSSR count). The first-order valence-corrected chi connectivity index (χ1v) is 6.04. The Balaban J connectivity index is 3.11. The number of carbonyl (C=O) groups is 1. The van der Waals surface area contributed by atoms with Gasteiger partial charge in [0.2, 0.25) is 5.75 Å². The first kappa shape index (κ1) is 14.5. The van der Waals surface area contributed by atoms with Crippen LogP contribution in [0.5, 0.6) is 17.2 Å². The van der Waals surface area contributed by atoms with E-state index in [9.17, 15) is 4.79 Å². The molecule has 0 N–H and O–H groups in total. The number of benzene rings is 1. The van der Waals surface area contributed by atoms with E-state index in [1.54, 1.807) is 40.4 Å².